The number of rotatable bonds is 6. The molecule has 3 rings (SSSR count). The number of oxazole rings is 1. The summed E-state index contributed by atoms with van der Waals surface area (Å²) in [6, 6.07) is 9.82. The molecule has 0 aliphatic rings. The first kappa shape index (κ1) is 18.3. The van der Waals surface area contributed by atoms with Crippen molar-refractivity contribution >= 4 is 37.5 Å². The number of hydrogen-bond acceptors (Lipinski definition) is 6. The monoisotopic (exact) mass is 441 g/mol. The van der Waals surface area contributed by atoms with E-state index in [4.69, 9.17) is 8.83 Å². The van der Waals surface area contributed by atoms with E-state index in [-0.39, 0.29) is 26.2 Å². The van der Waals surface area contributed by atoms with Crippen molar-refractivity contribution in [3.05, 3.63) is 47.1 Å². The number of halogens is 1. The number of thioether (sulfide) groups is 1. The van der Waals surface area contributed by atoms with Crippen LogP contribution < -0.4 is 0 Å². The molecule has 0 N–H and O–H groups in total. The van der Waals surface area contributed by atoms with Crippen molar-refractivity contribution in [3.8, 4) is 11.7 Å². The largest absolute Gasteiger partial charge is 0.459 e. The molecule has 0 saturated heterocycles. The summed E-state index contributed by atoms with van der Waals surface area (Å²) in [7, 11) is -3.80. The van der Waals surface area contributed by atoms with Crippen LogP contribution in [0.3, 0.4) is 0 Å². The van der Waals surface area contributed by atoms with E-state index in [0.29, 0.717) is 5.76 Å². The standard InChI is InChI=1S/C17H16BrNO4S2/c1-3-11(2)24-17-16(19-15(23-17)14-5-4-10-22-14)25(20,21)13-8-6-12(18)7-9-13/h4-11H,3H2,1-2H3. The zero-order valence-corrected chi connectivity index (χ0v) is 16.8. The third-order valence-electron chi connectivity index (χ3n) is 3.56. The van der Waals surface area contributed by atoms with E-state index in [0.717, 1.165) is 10.9 Å². The maximum absolute atomic E-state index is 13.0. The van der Waals surface area contributed by atoms with Crippen LogP contribution in [0.5, 0.6) is 0 Å². The van der Waals surface area contributed by atoms with Crippen LogP contribution in [0.25, 0.3) is 11.7 Å². The molecule has 3 aromatic rings. The van der Waals surface area contributed by atoms with Gasteiger partial charge in [-0.1, -0.05) is 41.5 Å². The van der Waals surface area contributed by atoms with E-state index in [9.17, 15) is 8.42 Å². The molecule has 0 fully saturated rings. The summed E-state index contributed by atoms with van der Waals surface area (Å²) in [5.74, 6) is 0.551. The molecule has 0 spiro atoms. The molecule has 0 amide bonds. The van der Waals surface area contributed by atoms with E-state index >= 15 is 0 Å². The summed E-state index contributed by atoms with van der Waals surface area (Å²) in [6.45, 7) is 4.04. The SMILES string of the molecule is CCC(C)Sc1oc(-c2ccco2)nc1S(=O)(=O)c1ccc(Br)cc1. The second kappa shape index (κ2) is 7.39. The number of sulfone groups is 1. The summed E-state index contributed by atoms with van der Waals surface area (Å²) >= 11 is 4.66. The van der Waals surface area contributed by atoms with Gasteiger partial charge in [-0.2, -0.15) is 4.98 Å². The summed E-state index contributed by atoms with van der Waals surface area (Å²) in [5, 5.41) is 0.395. The Balaban J connectivity index is 2.10. The zero-order chi connectivity index (χ0) is 18.0. The maximum atomic E-state index is 13.0. The highest BCUT2D eigenvalue weighted by Crippen LogP contribution is 2.37. The number of aromatic nitrogens is 1. The molecule has 8 heteroatoms. The van der Waals surface area contributed by atoms with E-state index in [2.05, 4.69) is 20.9 Å². The van der Waals surface area contributed by atoms with Crippen LogP contribution in [-0.2, 0) is 9.84 Å². The molecule has 1 unspecified atom stereocenters. The molecule has 1 aromatic carbocycles. The molecular formula is C17H16BrNO4S2. The van der Waals surface area contributed by atoms with Crippen LogP contribution in [0, 0.1) is 0 Å². The molecule has 0 bridgehead atoms. The maximum Gasteiger partial charge on any atom is 0.265 e. The van der Waals surface area contributed by atoms with Crippen molar-refractivity contribution < 1.29 is 17.3 Å². The molecule has 2 heterocycles. The Kier molecular flexibility index (Phi) is 5.41. The van der Waals surface area contributed by atoms with Crippen molar-refractivity contribution in [2.45, 2.75) is 40.5 Å². The van der Waals surface area contributed by atoms with Crippen molar-refractivity contribution in [1.82, 2.24) is 4.98 Å². The minimum absolute atomic E-state index is 0.0773. The molecule has 5 nitrogen and oxygen atoms in total. The Labute approximate surface area is 158 Å². The second-order valence-electron chi connectivity index (χ2n) is 5.38. The fourth-order valence-electron chi connectivity index (χ4n) is 2.03. The zero-order valence-electron chi connectivity index (χ0n) is 13.6. The Morgan fingerprint density at radius 2 is 1.96 bits per heavy atom. The van der Waals surface area contributed by atoms with Crippen molar-refractivity contribution in [3.63, 3.8) is 0 Å². The minimum atomic E-state index is -3.80. The minimum Gasteiger partial charge on any atom is -0.459 e. The lowest BCUT2D eigenvalue weighted by atomic mass is 10.4. The molecule has 0 aliphatic carbocycles. The van der Waals surface area contributed by atoms with Gasteiger partial charge in [0.15, 0.2) is 5.76 Å². The van der Waals surface area contributed by atoms with Crippen LogP contribution in [-0.4, -0.2) is 18.7 Å². The quantitative estimate of drug-likeness (QED) is 0.475. The third kappa shape index (κ3) is 3.86. The summed E-state index contributed by atoms with van der Waals surface area (Å²) in [4.78, 5) is 4.40. The van der Waals surface area contributed by atoms with Crippen LogP contribution in [0.1, 0.15) is 20.3 Å². The first-order valence-electron chi connectivity index (χ1n) is 7.64. The van der Waals surface area contributed by atoms with Gasteiger partial charge in [0, 0.05) is 9.72 Å². The van der Waals surface area contributed by atoms with Gasteiger partial charge in [0.2, 0.25) is 20.0 Å². The first-order valence-corrected chi connectivity index (χ1v) is 10.8. The van der Waals surface area contributed by atoms with Gasteiger partial charge in [0.1, 0.15) is 0 Å². The Hall–Kier alpha value is -1.51. The number of furan rings is 1. The van der Waals surface area contributed by atoms with Gasteiger partial charge in [0.25, 0.3) is 5.89 Å². The van der Waals surface area contributed by atoms with Gasteiger partial charge in [0.05, 0.1) is 11.2 Å². The average Bonchev–Trinajstić information content (AvgIpc) is 3.24. The van der Waals surface area contributed by atoms with E-state index in [1.807, 2.05) is 13.8 Å². The molecule has 132 valence electrons. The number of benzene rings is 1. The van der Waals surface area contributed by atoms with Gasteiger partial charge in [-0.05, 0) is 42.8 Å². The van der Waals surface area contributed by atoms with E-state index in [1.54, 1.807) is 36.4 Å². The first-order chi connectivity index (χ1) is 11.9. The normalized spacial score (nSPS) is 13.1. The van der Waals surface area contributed by atoms with Crippen LogP contribution in [0.15, 0.2) is 71.0 Å². The van der Waals surface area contributed by atoms with Gasteiger partial charge in [-0.25, -0.2) is 8.42 Å². The molecule has 0 saturated carbocycles. The van der Waals surface area contributed by atoms with Gasteiger partial charge < -0.3 is 8.83 Å². The average molecular weight is 442 g/mol. The predicted octanol–water partition coefficient (Wildman–Crippen LogP) is 5.42. The van der Waals surface area contributed by atoms with E-state index in [1.165, 1.54) is 18.0 Å². The fraction of sp³-hybridized carbons (Fsp3) is 0.235. The Bertz CT molecular complexity index is 947. The lowest BCUT2D eigenvalue weighted by molar-refractivity contribution is 0.450. The second-order valence-corrected chi connectivity index (χ2v) is 9.57. The molecule has 1 atom stereocenters. The lowest BCUT2D eigenvalue weighted by Crippen LogP contribution is -2.04. The van der Waals surface area contributed by atoms with Crippen molar-refractivity contribution in [1.29, 1.82) is 0 Å². The molecule has 0 radical (unpaired) electrons. The van der Waals surface area contributed by atoms with Crippen LogP contribution in [0.2, 0.25) is 0 Å². The highest BCUT2D eigenvalue weighted by atomic mass is 79.9. The molecule has 25 heavy (non-hydrogen) atoms. The molecular weight excluding hydrogens is 426 g/mol. The summed E-state index contributed by atoms with van der Waals surface area (Å²) in [6.07, 6.45) is 2.36. The van der Waals surface area contributed by atoms with Crippen LogP contribution >= 0.6 is 27.7 Å². The van der Waals surface area contributed by atoms with Gasteiger partial charge >= 0.3 is 0 Å². The predicted molar refractivity (Wildman–Crippen MR) is 99.4 cm³/mol. The van der Waals surface area contributed by atoms with Gasteiger partial charge in [-0.3, -0.25) is 0 Å². The lowest BCUT2D eigenvalue weighted by Gasteiger charge is -2.07. The summed E-state index contributed by atoms with van der Waals surface area (Å²) in [5.41, 5.74) is 0. The third-order valence-corrected chi connectivity index (χ3v) is 7.12. The molecule has 0 aliphatic heterocycles. The fourth-order valence-corrected chi connectivity index (χ4v) is 4.76. The summed E-state index contributed by atoms with van der Waals surface area (Å²) < 4.78 is 37.9. The van der Waals surface area contributed by atoms with Gasteiger partial charge in [-0.15, -0.1) is 0 Å². The molecule has 2 aromatic heterocycles. The Morgan fingerprint density at radius 1 is 1.24 bits per heavy atom. The van der Waals surface area contributed by atoms with Crippen molar-refractivity contribution in [2.75, 3.05) is 0 Å². The van der Waals surface area contributed by atoms with E-state index < -0.39 is 9.84 Å². The highest BCUT2D eigenvalue weighted by molar-refractivity contribution is 9.10. The Morgan fingerprint density at radius 3 is 2.56 bits per heavy atom. The number of nitrogens with zero attached hydrogens (tertiary/aromatic N) is 1. The topological polar surface area (TPSA) is 73.3 Å². The highest BCUT2D eigenvalue weighted by Gasteiger charge is 2.30. The van der Waals surface area contributed by atoms with Crippen molar-refractivity contribution in [2.24, 2.45) is 0 Å². The number of hydrogen-bond donors (Lipinski definition) is 0. The smallest absolute Gasteiger partial charge is 0.265 e. The van der Waals surface area contributed by atoms with Crippen LogP contribution in [0.4, 0.5) is 0 Å².